The van der Waals surface area contributed by atoms with Crippen molar-refractivity contribution in [3.8, 4) is 0 Å². The zero-order valence-electron chi connectivity index (χ0n) is 10.6. The van der Waals surface area contributed by atoms with Gasteiger partial charge in [-0.3, -0.25) is 0 Å². The zero-order chi connectivity index (χ0) is 13.4. The molecule has 5 heteroatoms. The van der Waals surface area contributed by atoms with Crippen LogP contribution < -0.4 is 5.32 Å². The summed E-state index contributed by atoms with van der Waals surface area (Å²) in [5.74, 6) is -0.166. The number of aryl methyl sites for hydroxylation is 1. The maximum Gasteiger partial charge on any atom is 0.407 e. The van der Waals surface area contributed by atoms with Gasteiger partial charge in [-0.2, -0.15) is 0 Å². The minimum Gasteiger partial charge on any atom is -0.465 e. The van der Waals surface area contributed by atoms with Crippen molar-refractivity contribution in [1.29, 1.82) is 0 Å². The van der Waals surface area contributed by atoms with E-state index < -0.39 is 6.09 Å². The maximum atomic E-state index is 13.1. The Hall–Kier alpha value is -1.62. The quantitative estimate of drug-likeness (QED) is 0.853. The number of likely N-dealkylation sites (tertiary alicyclic amines) is 1. The molecule has 1 amide bonds. The molecule has 0 saturated carbocycles. The van der Waals surface area contributed by atoms with Crippen molar-refractivity contribution in [2.24, 2.45) is 0 Å². The molecule has 1 aliphatic heterocycles. The van der Waals surface area contributed by atoms with Gasteiger partial charge in [0.1, 0.15) is 5.82 Å². The van der Waals surface area contributed by atoms with E-state index in [2.05, 4.69) is 5.32 Å². The first kappa shape index (κ1) is 12.4. The molecule has 1 aliphatic carbocycles. The lowest BCUT2D eigenvalue weighted by atomic mass is 9.87. The van der Waals surface area contributed by atoms with Gasteiger partial charge in [-0.25, -0.2) is 9.18 Å². The predicted octanol–water partition coefficient (Wildman–Crippen LogP) is 1.63. The third-order valence-corrected chi connectivity index (χ3v) is 4.02. The monoisotopic (exact) mass is 264 g/mol. The summed E-state index contributed by atoms with van der Waals surface area (Å²) in [6.07, 6.45) is 1.93. The van der Waals surface area contributed by atoms with Crippen LogP contribution in [0.15, 0.2) is 18.2 Å². The van der Waals surface area contributed by atoms with Crippen LogP contribution in [0, 0.1) is 5.82 Å². The number of nitrogens with zero attached hydrogens (tertiary/aromatic N) is 1. The fraction of sp³-hybridized carbons (Fsp3) is 0.500. The van der Waals surface area contributed by atoms with Crippen LogP contribution in [-0.4, -0.2) is 41.3 Å². The molecule has 1 aromatic carbocycles. The van der Waals surface area contributed by atoms with Crippen molar-refractivity contribution < 1.29 is 14.3 Å². The van der Waals surface area contributed by atoms with E-state index >= 15 is 0 Å². The standard InChI is InChI=1S/C14H17FN2O2/c15-11-3-1-10-6-12(4-2-9(10)5-11)16-13-7-17(8-13)14(18)19/h1,3,5,12-13,16H,2,4,6-8H2,(H,18,19). The van der Waals surface area contributed by atoms with Crippen LogP contribution in [0.4, 0.5) is 9.18 Å². The highest BCUT2D eigenvalue weighted by Gasteiger charge is 2.32. The smallest absolute Gasteiger partial charge is 0.407 e. The Morgan fingerprint density at radius 3 is 2.84 bits per heavy atom. The van der Waals surface area contributed by atoms with Crippen molar-refractivity contribution in [1.82, 2.24) is 10.2 Å². The van der Waals surface area contributed by atoms with E-state index in [0.29, 0.717) is 19.1 Å². The molecular weight excluding hydrogens is 247 g/mol. The van der Waals surface area contributed by atoms with Crippen LogP contribution in [0.2, 0.25) is 0 Å². The Morgan fingerprint density at radius 2 is 2.11 bits per heavy atom. The first-order chi connectivity index (χ1) is 9.11. The fourth-order valence-corrected chi connectivity index (χ4v) is 2.94. The highest BCUT2D eigenvalue weighted by atomic mass is 19.1. The number of halogens is 1. The Morgan fingerprint density at radius 1 is 1.32 bits per heavy atom. The van der Waals surface area contributed by atoms with Gasteiger partial charge >= 0.3 is 6.09 Å². The van der Waals surface area contributed by atoms with Crippen LogP contribution >= 0.6 is 0 Å². The molecule has 19 heavy (non-hydrogen) atoms. The molecule has 4 nitrogen and oxygen atoms in total. The van der Waals surface area contributed by atoms with Gasteiger partial charge in [-0.1, -0.05) is 6.07 Å². The van der Waals surface area contributed by atoms with Gasteiger partial charge in [0, 0.05) is 25.2 Å². The molecule has 1 saturated heterocycles. The van der Waals surface area contributed by atoms with Crippen molar-refractivity contribution in [2.75, 3.05) is 13.1 Å². The van der Waals surface area contributed by atoms with Crippen molar-refractivity contribution in [2.45, 2.75) is 31.3 Å². The highest BCUT2D eigenvalue weighted by Crippen LogP contribution is 2.23. The summed E-state index contributed by atoms with van der Waals surface area (Å²) in [5.41, 5.74) is 2.32. The van der Waals surface area contributed by atoms with Gasteiger partial charge in [0.25, 0.3) is 0 Å². The molecule has 2 N–H and O–H groups in total. The largest absolute Gasteiger partial charge is 0.465 e. The number of carbonyl (C=O) groups is 1. The number of rotatable bonds is 2. The first-order valence-corrected chi connectivity index (χ1v) is 6.63. The number of carboxylic acid groups (broad SMARTS) is 1. The molecule has 102 valence electrons. The number of nitrogens with one attached hydrogen (secondary N) is 1. The zero-order valence-corrected chi connectivity index (χ0v) is 10.6. The maximum absolute atomic E-state index is 13.1. The van der Waals surface area contributed by atoms with E-state index in [1.807, 2.05) is 6.07 Å². The van der Waals surface area contributed by atoms with Crippen LogP contribution in [0.1, 0.15) is 17.5 Å². The molecular formula is C14H17FN2O2. The Kier molecular flexibility index (Phi) is 3.14. The van der Waals surface area contributed by atoms with E-state index in [4.69, 9.17) is 5.11 Å². The normalized spacial score (nSPS) is 22.8. The molecule has 0 radical (unpaired) electrons. The summed E-state index contributed by atoms with van der Waals surface area (Å²) in [5, 5.41) is 12.3. The second kappa shape index (κ2) is 4.81. The molecule has 0 aromatic heterocycles. The Labute approximate surface area is 111 Å². The third-order valence-electron chi connectivity index (χ3n) is 4.02. The Bertz CT molecular complexity index is 500. The van der Waals surface area contributed by atoms with Crippen LogP contribution in [0.5, 0.6) is 0 Å². The molecule has 0 bridgehead atoms. The second-order valence-corrected chi connectivity index (χ2v) is 5.40. The highest BCUT2D eigenvalue weighted by molar-refractivity contribution is 5.66. The van der Waals surface area contributed by atoms with Gasteiger partial charge in [-0.15, -0.1) is 0 Å². The molecule has 1 atom stereocenters. The second-order valence-electron chi connectivity index (χ2n) is 5.40. The molecule has 3 rings (SSSR count). The molecule has 0 spiro atoms. The number of hydrogen-bond acceptors (Lipinski definition) is 2. The lowest BCUT2D eigenvalue weighted by Gasteiger charge is -2.40. The summed E-state index contributed by atoms with van der Waals surface area (Å²) in [6, 6.07) is 5.64. The molecule has 1 heterocycles. The fourth-order valence-electron chi connectivity index (χ4n) is 2.94. The van der Waals surface area contributed by atoms with Crippen molar-refractivity contribution in [3.05, 3.63) is 35.1 Å². The molecule has 1 fully saturated rings. The average molecular weight is 264 g/mol. The Balaban J connectivity index is 1.55. The summed E-state index contributed by atoms with van der Waals surface area (Å²) >= 11 is 0. The van der Waals surface area contributed by atoms with E-state index in [-0.39, 0.29) is 11.9 Å². The molecule has 1 aromatic rings. The number of amides is 1. The topological polar surface area (TPSA) is 52.6 Å². The van der Waals surface area contributed by atoms with Crippen molar-refractivity contribution >= 4 is 6.09 Å². The minimum atomic E-state index is -0.845. The van der Waals surface area contributed by atoms with E-state index in [9.17, 15) is 9.18 Å². The van der Waals surface area contributed by atoms with Crippen LogP contribution in [0.3, 0.4) is 0 Å². The summed E-state index contributed by atoms with van der Waals surface area (Å²) in [6.45, 7) is 1.14. The number of benzene rings is 1. The molecule has 1 unspecified atom stereocenters. The van der Waals surface area contributed by atoms with Gasteiger partial charge in [0.15, 0.2) is 0 Å². The lowest BCUT2D eigenvalue weighted by molar-refractivity contribution is 0.0910. The van der Waals surface area contributed by atoms with Gasteiger partial charge < -0.3 is 15.3 Å². The molecule has 2 aliphatic rings. The summed E-state index contributed by atoms with van der Waals surface area (Å²) < 4.78 is 13.1. The summed E-state index contributed by atoms with van der Waals surface area (Å²) in [7, 11) is 0. The van der Waals surface area contributed by atoms with Crippen molar-refractivity contribution in [3.63, 3.8) is 0 Å². The average Bonchev–Trinajstić information content (AvgIpc) is 2.32. The number of fused-ring (bicyclic) bond motifs is 1. The van der Waals surface area contributed by atoms with E-state index in [1.54, 1.807) is 6.07 Å². The number of hydrogen-bond donors (Lipinski definition) is 2. The minimum absolute atomic E-state index is 0.166. The SMILES string of the molecule is O=C(O)N1CC(NC2CCc3cc(F)ccc3C2)C1. The van der Waals surface area contributed by atoms with Gasteiger partial charge in [-0.05, 0) is 42.5 Å². The predicted molar refractivity (Wildman–Crippen MR) is 68.7 cm³/mol. The van der Waals surface area contributed by atoms with Crippen LogP contribution in [0.25, 0.3) is 0 Å². The summed E-state index contributed by atoms with van der Waals surface area (Å²) in [4.78, 5) is 12.1. The van der Waals surface area contributed by atoms with Gasteiger partial charge in [0.05, 0.1) is 0 Å². The van der Waals surface area contributed by atoms with Gasteiger partial charge in [0.2, 0.25) is 0 Å². The lowest BCUT2D eigenvalue weighted by Crippen LogP contribution is -2.62. The van der Waals surface area contributed by atoms with E-state index in [0.717, 1.165) is 24.8 Å². The van der Waals surface area contributed by atoms with Crippen LogP contribution in [-0.2, 0) is 12.8 Å². The van der Waals surface area contributed by atoms with E-state index in [1.165, 1.54) is 16.5 Å². The first-order valence-electron chi connectivity index (χ1n) is 6.63. The third kappa shape index (κ3) is 2.56.